The number of alkyl halides is 1. The van der Waals surface area contributed by atoms with Gasteiger partial charge < -0.3 is 14.7 Å². The molecule has 8 nitrogen and oxygen atoms in total. The maximum absolute atomic E-state index is 15.1. The van der Waals surface area contributed by atoms with Gasteiger partial charge in [-0.3, -0.25) is 24.5 Å². The summed E-state index contributed by atoms with van der Waals surface area (Å²) in [6, 6.07) is 4.16. The Bertz CT molecular complexity index is 1010. The summed E-state index contributed by atoms with van der Waals surface area (Å²) in [6.07, 6.45) is 2.12. The van der Waals surface area contributed by atoms with Crippen LogP contribution in [-0.2, 0) is 9.59 Å². The number of carbonyl (C=O) groups excluding carboxylic acids is 4. The van der Waals surface area contributed by atoms with Crippen molar-refractivity contribution in [3.8, 4) is 0 Å². The molecule has 1 aromatic rings. The van der Waals surface area contributed by atoms with E-state index < -0.39 is 24.0 Å². The number of piperidine rings is 3. The lowest BCUT2D eigenvalue weighted by molar-refractivity contribution is -0.136. The van der Waals surface area contributed by atoms with Gasteiger partial charge in [0.25, 0.3) is 5.91 Å². The van der Waals surface area contributed by atoms with Crippen LogP contribution in [0.15, 0.2) is 18.2 Å². The Morgan fingerprint density at radius 3 is 2.65 bits per heavy atom. The first kappa shape index (κ1) is 23.0. The van der Waals surface area contributed by atoms with Crippen LogP contribution in [0, 0.1) is 17.8 Å². The summed E-state index contributed by atoms with van der Waals surface area (Å²) >= 11 is 0. The van der Waals surface area contributed by atoms with E-state index in [-0.39, 0.29) is 42.3 Å². The highest BCUT2D eigenvalue weighted by atomic mass is 19.1. The van der Waals surface area contributed by atoms with Crippen LogP contribution < -0.4 is 10.2 Å². The van der Waals surface area contributed by atoms with Crippen molar-refractivity contribution in [2.75, 3.05) is 44.7 Å². The van der Waals surface area contributed by atoms with Gasteiger partial charge in [-0.15, -0.1) is 0 Å². The van der Waals surface area contributed by atoms with E-state index in [2.05, 4.69) is 10.2 Å². The van der Waals surface area contributed by atoms with Crippen molar-refractivity contribution in [1.29, 1.82) is 0 Å². The van der Waals surface area contributed by atoms with Gasteiger partial charge in [0.1, 0.15) is 12.2 Å². The normalized spacial score (nSPS) is 31.1. The highest BCUT2D eigenvalue weighted by Crippen LogP contribution is 2.45. The van der Waals surface area contributed by atoms with Crippen LogP contribution in [-0.4, -0.2) is 85.8 Å². The van der Waals surface area contributed by atoms with Crippen molar-refractivity contribution in [3.05, 3.63) is 29.3 Å². The molecule has 0 aromatic heterocycles. The molecule has 3 amide bonds. The minimum absolute atomic E-state index is 0.0164. The average molecular weight is 471 g/mol. The molecule has 3 saturated heterocycles. The lowest BCUT2D eigenvalue weighted by atomic mass is 9.93. The Hall–Kier alpha value is -2.81. The predicted molar refractivity (Wildman–Crippen MR) is 123 cm³/mol. The Labute approximate surface area is 198 Å². The molecule has 9 heteroatoms. The number of hydrogen-bond donors (Lipinski definition) is 1. The zero-order valence-corrected chi connectivity index (χ0v) is 19.4. The maximum atomic E-state index is 15.1. The third-order valence-electron chi connectivity index (χ3n) is 7.98. The van der Waals surface area contributed by atoms with Crippen molar-refractivity contribution in [3.63, 3.8) is 0 Å². The number of nitrogens with zero attached hydrogens (tertiary/aromatic N) is 3. The van der Waals surface area contributed by atoms with Gasteiger partial charge in [0.15, 0.2) is 6.29 Å². The van der Waals surface area contributed by atoms with E-state index in [1.807, 2.05) is 4.90 Å². The molecule has 34 heavy (non-hydrogen) atoms. The van der Waals surface area contributed by atoms with Crippen LogP contribution >= 0.6 is 0 Å². The number of likely N-dealkylation sites (N-methyl/N-ethyl adjacent to an activating group) is 1. The number of anilines is 1. The number of nitrogens with one attached hydrogen (secondary N) is 1. The van der Waals surface area contributed by atoms with E-state index in [0.717, 1.165) is 37.9 Å². The van der Waals surface area contributed by atoms with Crippen molar-refractivity contribution < 1.29 is 23.6 Å². The first-order valence-electron chi connectivity index (χ1n) is 12.2. The summed E-state index contributed by atoms with van der Waals surface area (Å²) in [7, 11) is 1.50. The second-order valence-corrected chi connectivity index (χ2v) is 10.3. The Morgan fingerprint density at radius 2 is 1.97 bits per heavy atom. The Kier molecular flexibility index (Phi) is 6.14. The summed E-state index contributed by atoms with van der Waals surface area (Å²) in [4.78, 5) is 54.1. The number of amides is 3. The summed E-state index contributed by atoms with van der Waals surface area (Å²) in [5.41, 5.74) is 1.08. The topological polar surface area (TPSA) is 90.0 Å². The number of aldehydes is 1. The number of hydrogen-bond acceptors (Lipinski definition) is 6. The number of rotatable bonds is 6. The number of carbonyl (C=O) groups is 4. The second-order valence-electron chi connectivity index (χ2n) is 10.3. The lowest BCUT2D eigenvalue weighted by Gasteiger charge is -2.38. The van der Waals surface area contributed by atoms with Gasteiger partial charge in [0, 0.05) is 63.4 Å². The quantitative estimate of drug-likeness (QED) is 0.501. The first-order valence-corrected chi connectivity index (χ1v) is 12.2. The molecule has 0 radical (unpaired) electrons. The van der Waals surface area contributed by atoms with Crippen LogP contribution in [0.25, 0.3) is 0 Å². The van der Waals surface area contributed by atoms with Crippen molar-refractivity contribution in [2.24, 2.45) is 17.8 Å². The number of halogens is 1. The SMILES string of the molecule is CN(C(=O)c1cc(N2CCC(CN3CC4CC4C3)C(F)C2)ccc1C=O)C1CCC(=O)NC1=O. The number of imide groups is 1. The fourth-order valence-electron chi connectivity index (χ4n) is 5.78. The molecule has 5 atom stereocenters. The van der Waals surface area contributed by atoms with E-state index in [4.69, 9.17) is 0 Å². The van der Waals surface area contributed by atoms with Gasteiger partial charge in [-0.05, 0) is 49.3 Å². The zero-order chi connectivity index (χ0) is 24.0. The molecule has 182 valence electrons. The molecule has 3 heterocycles. The molecule has 4 aliphatic rings. The number of benzene rings is 1. The number of likely N-dealkylation sites (tertiary alicyclic amines) is 1. The molecule has 0 bridgehead atoms. The molecule has 1 aromatic carbocycles. The highest BCUT2D eigenvalue weighted by Gasteiger charge is 2.46. The van der Waals surface area contributed by atoms with Gasteiger partial charge in [-0.25, -0.2) is 4.39 Å². The number of fused-ring (bicyclic) bond motifs is 1. The molecule has 5 rings (SSSR count). The van der Waals surface area contributed by atoms with Gasteiger partial charge >= 0.3 is 0 Å². The Morgan fingerprint density at radius 1 is 1.21 bits per heavy atom. The standard InChI is InChI=1S/C25H31FN4O4/c1-28(22-4-5-23(32)27-24(22)33)25(34)20-9-19(3-2-16(20)14-31)30-7-6-15(21(26)13-30)10-29-11-17-8-18(17)12-29/h2-3,9,14-15,17-18,21-22H,4-8,10-13H2,1H3,(H,27,32,33). The highest BCUT2D eigenvalue weighted by molar-refractivity contribution is 6.06. The minimum atomic E-state index is -0.957. The van der Waals surface area contributed by atoms with Crippen LogP contribution in [0.1, 0.15) is 46.4 Å². The summed E-state index contributed by atoms with van der Waals surface area (Å²) in [5, 5.41) is 2.25. The van der Waals surface area contributed by atoms with E-state index in [1.165, 1.54) is 18.4 Å². The largest absolute Gasteiger partial charge is 0.369 e. The van der Waals surface area contributed by atoms with Gasteiger partial charge in [0.2, 0.25) is 11.8 Å². The molecule has 1 aliphatic carbocycles. The van der Waals surface area contributed by atoms with Crippen LogP contribution in [0.5, 0.6) is 0 Å². The summed E-state index contributed by atoms with van der Waals surface area (Å²) < 4.78 is 15.1. The summed E-state index contributed by atoms with van der Waals surface area (Å²) in [5.74, 6) is 0.338. The third kappa shape index (κ3) is 4.45. The first-order chi connectivity index (χ1) is 16.3. The lowest BCUT2D eigenvalue weighted by Crippen LogP contribution is -2.53. The van der Waals surface area contributed by atoms with Crippen molar-refractivity contribution in [1.82, 2.24) is 15.1 Å². The average Bonchev–Trinajstić information content (AvgIpc) is 3.44. The fourth-order valence-corrected chi connectivity index (χ4v) is 5.78. The molecule has 3 aliphatic heterocycles. The van der Waals surface area contributed by atoms with E-state index in [9.17, 15) is 19.2 Å². The van der Waals surface area contributed by atoms with Crippen LogP contribution in [0.3, 0.4) is 0 Å². The van der Waals surface area contributed by atoms with Crippen molar-refractivity contribution in [2.45, 2.75) is 37.9 Å². The van der Waals surface area contributed by atoms with Gasteiger partial charge in [-0.1, -0.05) is 0 Å². The zero-order valence-electron chi connectivity index (χ0n) is 19.4. The maximum Gasteiger partial charge on any atom is 0.255 e. The third-order valence-corrected chi connectivity index (χ3v) is 7.98. The fraction of sp³-hybridized carbons (Fsp3) is 0.600. The minimum Gasteiger partial charge on any atom is -0.369 e. The molecule has 4 fully saturated rings. The molecule has 1 N–H and O–H groups in total. The molecular weight excluding hydrogens is 439 g/mol. The molecule has 1 saturated carbocycles. The van der Waals surface area contributed by atoms with E-state index in [0.29, 0.717) is 18.5 Å². The smallest absolute Gasteiger partial charge is 0.255 e. The van der Waals surface area contributed by atoms with Crippen LogP contribution in [0.4, 0.5) is 10.1 Å². The monoisotopic (exact) mass is 470 g/mol. The van der Waals surface area contributed by atoms with E-state index in [1.54, 1.807) is 18.2 Å². The van der Waals surface area contributed by atoms with E-state index >= 15 is 4.39 Å². The molecule has 5 unspecified atom stereocenters. The molecule has 0 spiro atoms. The van der Waals surface area contributed by atoms with Gasteiger partial charge in [0.05, 0.1) is 5.56 Å². The second kappa shape index (κ2) is 9.09. The van der Waals surface area contributed by atoms with Crippen molar-refractivity contribution >= 4 is 29.7 Å². The summed E-state index contributed by atoms with van der Waals surface area (Å²) in [6.45, 7) is 3.96. The Balaban J connectivity index is 1.27. The van der Waals surface area contributed by atoms with Gasteiger partial charge in [-0.2, -0.15) is 0 Å². The molecular formula is C25H31FN4O4. The van der Waals surface area contributed by atoms with Crippen LogP contribution in [0.2, 0.25) is 0 Å². The predicted octanol–water partition coefficient (Wildman–Crippen LogP) is 1.49.